The van der Waals surface area contributed by atoms with E-state index >= 15 is 0 Å². The van der Waals surface area contributed by atoms with E-state index in [4.69, 9.17) is 4.74 Å². The average Bonchev–Trinajstić information content (AvgIpc) is 3.14. The van der Waals surface area contributed by atoms with Gasteiger partial charge in [-0.05, 0) is 44.4 Å². The topological polar surface area (TPSA) is 63.5 Å². The molecule has 0 fully saturated rings. The van der Waals surface area contributed by atoms with Gasteiger partial charge in [-0.25, -0.2) is 0 Å². The second-order valence-corrected chi connectivity index (χ2v) is 5.92. The lowest BCUT2D eigenvalue weighted by molar-refractivity contribution is 0.307. The highest BCUT2D eigenvalue weighted by Gasteiger charge is 1.98. The lowest BCUT2D eigenvalue weighted by Gasteiger charge is -2.12. The molecule has 1 aromatic carbocycles. The van der Waals surface area contributed by atoms with Gasteiger partial charge in [0, 0.05) is 39.1 Å². The second kappa shape index (κ2) is 13.4. The van der Waals surface area contributed by atoms with Crippen LogP contribution in [0.1, 0.15) is 24.8 Å². The van der Waals surface area contributed by atoms with Crippen LogP contribution < -0.4 is 15.4 Å². The number of ether oxygens (including phenoxy) is 1. The molecule has 2 aromatic rings. The fraction of sp³-hybridized carbons (Fsp3) is 0.474. The van der Waals surface area contributed by atoms with Crippen molar-refractivity contribution in [3.05, 3.63) is 48.3 Å². The Balaban J connectivity index is 0.00000338. The summed E-state index contributed by atoms with van der Waals surface area (Å²) in [6.45, 7) is 5.48. The summed E-state index contributed by atoms with van der Waals surface area (Å²) in [5.74, 6) is 1.79. The predicted molar refractivity (Wildman–Crippen MR) is 118 cm³/mol. The lowest BCUT2D eigenvalue weighted by Crippen LogP contribution is -2.38. The maximum atomic E-state index is 5.73. The maximum Gasteiger partial charge on any atom is 0.190 e. The quantitative estimate of drug-likeness (QED) is 0.242. The minimum absolute atomic E-state index is 0. The summed E-state index contributed by atoms with van der Waals surface area (Å²) in [5.41, 5.74) is 1.25. The van der Waals surface area contributed by atoms with Gasteiger partial charge in [-0.3, -0.25) is 9.67 Å². The molecule has 0 bridgehead atoms. The number of halogens is 1. The average molecular weight is 471 g/mol. The fourth-order valence-electron chi connectivity index (χ4n) is 2.36. The number of benzene rings is 1. The molecule has 0 radical (unpaired) electrons. The maximum absolute atomic E-state index is 5.73. The van der Waals surface area contributed by atoms with Crippen molar-refractivity contribution < 1.29 is 4.74 Å². The van der Waals surface area contributed by atoms with Crippen LogP contribution in [0.5, 0.6) is 5.75 Å². The van der Waals surface area contributed by atoms with Gasteiger partial charge in [0.2, 0.25) is 0 Å². The van der Waals surface area contributed by atoms with Crippen molar-refractivity contribution in [3.8, 4) is 5.75 Å². The number of hydrogen-bond acceptors (Lipinski definition) is 3. The Hall–Kier alpha value is -1.77. The van der Waals surface area contributed by atoms with Crippen molar-refractivity contribution in [2.45, 2.75) is 32.7 Å². The zero-order chi connectivity index (χ0) is 17.7. The minimum atomic E-state index is 0. The van der Waals surface area contributed by atoms with Crippen LogP contribution in [0, 0.1) is 6.92 Å². The number of aromatic nitrogens is 2. The first-order chi connectivity index (χ1) is 12.3. The molecule has 0 spiro atoms. The molecule has 144 valence electrons. The number of nitrogens with zero attached hydrogens (tertiary/aromatic N) is 3. The van der Waals surface area contributed by atoms with E-state index < -0.39 is 0 Å². The summed E-state index contributed by atoms with van der Waals surface area (Å²) in [7, 11) is 1.79. The van der Waals surface area contributed by atoms with Crippen molar-refractivity contribution in [2.24, 2.45) is 4.99 Å². The fourth-order valence-corrected chi connectivity index (χ4v) is 2.36. The zero-order valence-corrected chi connectivity index (χ0v) is 18.0. The van der Waals surface area contributed by atoms with Crippen LogP contribution in [0.15, 0.2) is 47.7 Å². The van der Waals surface area contributed by atoms with E-state index in [-0.39, 0.29) is 24.0 Å². The lowest BCUT2D eigenvalue weighted by atomic mass is 10.2. The molecule has 0 aliphatic carbocycles. The zero-order valence-electron chi connectivity index (χ0n) is 15.6. The largest absolute Gasteiger partial charge is 0.494 e. The smallest absolute Gasteiger partial charge is 0.190 e. The predicted octanol–water partition coefficient (Wildman–Crippen LogP) is 3.22. The molecule has 6 nitrogen and oxygen atoms in total. The van der Waals surface area contributed by atoms with E-state index in [0.29, 0.717) is 0 Å². The van der Waals surface area contributed by atoms with E-state index in [1.54, 1.807) is 13.2 Å². The van der Waals surface area contributed by atoms with Crippen LogP contribution in [-0.4, -0.2) is 42.5 Å². The molecular weight excluding hydrogens is 441 g/mol. The molecule has 1 aromatic heterocycles. The Morgan fingerprint density at radius 1 is 1.12 bits per heavy atom. The third-order valence-electron chi connectivity index (χ3n) is 3.79. The monoisotopic (exact) mass is 471 g/mol. The SMILES string of the molecule is CN=C(NCCCCOc1ccc(C)cc1)NCCCn1cccn1.I. The highest BCUT2D eigenvalue weighted by atomic mass is 127. The molecule has 7 heteroatoms. The summed E-state index contributed by atoms with van der Waals surface area (Å²) >= 11 is 0. The number of nitrogens with one attached hydrogen (secondary N) is 2. The third kappa shape index (κ3) is 9.07. The number of unbranched alkanes of at least 4 members (excludes halogenated alkanes) is 1. The molecule has 1 heterocycles. The van der Waals surface area contributed by atoms with Gasteiger partial charge in [0.05, 0.1) is 6.61 Å². The van der Waals surface area contributed by atoms with Gasteiger partial charge < -0.3 is 15.4 Å². The van der Waals surface area contributed by atoms with Gasteiger partial charge in [0.25, 0.3) is 0 Å². The number of hydrogen-bond donors (Lipinski definition) is 2. The first-order valence-electron chi connectivity index (χ1n) is 8.89. The Morgan fingerprint density at radius 3 is 2.50 bits per heavy atom. The van der Waals surface area contributed by atoms with Crippen LogP contribution in [0.3, 0.4) is 0 Å². The van der Waals surface area contributed by atoms with Crippen LogP contribution in [0.25, 0.3) is 0 Å². The van der Waals surface area contributed by atoms with Crippen LogP contribution >= 0.6 is 24.0 Å². The second-order valence-electron chi connectivity index (χ2n) is 5.92. The number of aliphatic imine (C=N–C) groups is 1. The molecule has 0 unspecified atom stereocenters. The van der Waals surface area contributed by atoms with E-state index in [9.17, 15) is 0 Å². The number of guanidine groups is 1. The molecule has 26 heavy (non-hydrogen) atoms. The normalized spacial score (nSPS) is 10.9. The first kappa shape index (κ1) is 22.3. The van der Waals surface area contributed by atoms with Gasteiger partial charge in [-0.1, -0.05) is 17.7 Å². The summed E-state index contributed by atoms with van der Waals surface area (Å²) in [4.78, 5) is 4.24. The Morgan fingerprint density at radius 2 is 1.85 bits per heavy atom. The van der Waals surface area contributed by atoms with E-state index in [1.165, 1.54) is 5.56 Å². The van der Waals surface area contributed by atoms with Crippen LogP contribution in [-0.2, 0) is 6.54 Å². The number of rotatable bonds is 10. The molecule has 0 aliphatic heterocycles. The summed E-state index contributed by atoms with van der Waals surface area (Å²) in [5, 5.41) is 10.8. The summed E-state index contributed by atoms with van der Waals surface area (Å²) < 4.78 is 7.66. The van der Waals surface area contributed by atoms with E-state index in [1.807, 2.05) is 29.1 Å². The molecular formula is C19H30IN5O. The van der Waals surface area contributed by atoms with Gasteiger partial charge in [0.1, 0.15) is 5.75 Å². The first-order valence-corrected chi connectivity index (χ1v) is 8.89. The van der Waals surface area contributed by atoms with Crippen LogP contribution in [0.4, 0.5) is 0 Å². The molecule has 0 saturated heterocycles. The molecule has 2 rings (SSSR count). The van der Waals surface area contributed by atoms with E-state index in [2.05, 4.69) is 39.8 Å². The standard InChI is InChI=1S/C19H29N5O.HI/c1-17-7-9-18(10-8-17)25-16-4-3-11-21-19(20-2)22-12-5-14-24-15-6-13-23-24;/h6-10,13,15H,3-5,11-12,14,16H2,1-2H3,(H2,20,21,22);1H. The Bertz CT molecular complexity index is 613. The number of aryl methyl sites for hydroxylation is 2. The minimum Gasteiger partial charge on any atom is -0.494 e. The van der Waals surface area contributed by atoms with Crippen molar-refractivity contribution >= 4 is 29.9 Å². The Labute approximate surface area is 173 Å². The molecule has 0 saturated carbocycles. The van der Waals surface area contributed by atoms with Crippen molar-refractivity contribution in [2.75, 3.05) is 26.7 Å². The highest BCUT2D eigenvalue weighted by molar-refractivity contribution is 14.0. The third-order valence-corrected chi connectivity index (χ3v) is 3.79. The van der Waals surface area contributed by atoms with Gasteiger partial charge in [0.15, 0.2) is 5.96 Å². The van der Waals surface area contributed by atoms with Gasteiger partial charge in [-0.15, -0.1) is 24.0 Å². The molecule has 0 atom stereocenters. The van der Waals surface area contributed by atoms with Crippen LogP contribution in [0.2, 0.25) is 0 Å². The van der Waals surface area contributed by atoms with Gasteiger partial charge in [-0.2, -0.15) is 5.10 Å². The van der Waals surface area contributed by atoms with E-state index in [0.717, 1.165) is 57.2 Å². The highest BCUT2D eigenvalue weighted by Crippen LogP contribution is 2.11. The van der Waals surface area contributed by atoms with Crippen molar-refractivity contribution in [1.82, 2.24) is 20.4 Å². The molecule has 2 N–H and O–H groups in total. The van der Waals surface area contributed by atoms with Crippen molar-refractivity contribution in [3.63, 3.8) is 0 Å². The summed E-state index contributed by atoms with van der Waals surface area (Å²) in [6, 6.07) is 10.1. The molecule has 0 aliphatic rings. The Kier molecular flexibility index (Phi) is 11.5. The molecule has 0 amide bonds. The van der Waals surface area contributed by atoms with Gasteiger partial charge >= 0.3 is 0 Å². The van der Waals surface area contributed by atoms with Crippen molar-refractivity contribution in [1.29, 1.82) is 0 Å². The summed E-state index contributed by atoms with van der Waals surface area (Å²) in [6.07, 6.45) is 6.84.